The molecule has 0 bridgehead atoms. The molecule has 1 heterocycles. The topological polar surface area (TPSA) is 53.0 Å². The smallest absolute Gasteiger partial charge is 0.542 e. The molecule has 0 saturated carbocycles. The summed E-state index contributed by atoms with van der Waals surface area (Å²) in [4.78, 5) is 14.4. The molecular formula is C10H6KNO2S. The van der Waals surface area contributed by atoms with Crippen LogP contribution in [0.5, 0.6) is 0 Å². The fraction of sp³-hybridized carbons (Fsp3) is 0. The second kappa shape index (κ2) is 5.88. The van der Waals surface area contributed by atoms with Gasteiger partial charge < -0.3 is 9.90 Å². The molecule has 0 aliphatic rings. The number of aromatic nitrogens is 1. The van der Waals surface area contributed by atoms with E-state index in [0.717, 1.165) is 16.9 Å². The molecule has 5 heteroatoms. The Balaban J connectivity index is 0.00000112. The van der Waals surface area contributed by atoms with Crippen LogP contribution in [-0.2, 0) is 0 Å². The molecule has 3 nitrogen and oxygen atoms in total. The molecule has 0 radical (unpaired) electrons. The van der Waals surface area contributed by atoms with Gasteiger partial charge >= 0.3 is 51.4 Å². The minimum absolute atomic E-state index is 0. The minimum atomic E-state index is -1.22. The van der Waals surface area contributed by atoms with Gasteiger partial charge in [-0.25, -0.2) is 4.98 Å². The number of thiazole rings is 1. The van der Waals surface area contributed by atoms with E-state index in [0.29, 0.717) is 5.69 Å². The van der Waals surface area contributed by atoms with Crippen LogP contribution in [0, 0.1) is 0 Å². The van der Waals surface area contributed by atoms with Gasteiger partial charge in [-0.3, -0.25) is 0 Å². The van der Waals surface area contributed by atoms with Crippen molar-refractivity contribution in [3.05, 3.63) is 40.7 Å². The van der Waals surface area contributed by atoms with Crippen molar-refractivity contribution in [1.82, 2.24) is 4.98 Å². The number of benzene rings is 1. The second-order valence-electron chi connectivity index (χ2n) is 2.69. The quantitative estimate of drug-likeness (QED) is 0.584. The van der Waals surface area contributed by atoms with Crippen LogP contribution in [0.3, 0.4) is 0 Å². The van der Waals surface area contributed by atoms with Gasteiger partial charge in [-0.1, -0.05) is 30.3 Å². The van der Waals surface area contributed by atoms with Gasteiger partial charge in [0.15, 0.2) is 0 Å². The average molecular weight is 243 g/mol. The maximum atomic E-state index is 10.5. The molecular weight excluding hydrogens is 237 g/mol. The first-order chi connectivity index (χ1) is 6.77. The Labute approximate surface area is 134 Å². The van der Waals surface area contributed by atoms with Crippen LogP contribution in [0.4, 0.5) is 0 Å². The summed E-state index contributed by atoms with van der Waals surface area (Å²) in [7, 11) is 0. The molecule has 2 aromatic rings. The molecule has 0 saturated heterocycles. The van der Waals surface area contributed by atoms with Gasteiger partial charge in [-0.05, 0) is 0 Å². The van der Waals surface area contributed by atoms with Crippen LogP contribution in [0.1, 0.15) is 9.80 Å². The van der Waals surface area contributed by atoms with Crippen LogP contribution in [-0.4, -0.2) is 11.0 Å². The van der Waals surface area contributed by atoms with Crippen LogP contribution in [0.25, 0.3) is 11.3 Å². The normalized spacial score (nSPS) is 9.33. The number of nitrogens with zero attached hydrogens (tertiary/aromatic N) is 1. The van der Waals surface area contributed by atoms with E-state index in [1.165, 1.54) is 0 Å². The summed E-state index contributed by atoms with van der Waals surface area (Å²) in [6, 6.07) is 9.43. The monoisotopic (exact) mass is 243 g/mol. The van der Waals surface area contributed by atoms with Gasteiger partial charge in [0.2, 0.25) is 0 Å². The SMILES string of the molecule is O=C([O-])c1nc(-c2ccccc2)cs1.[K+]. The maximum absolute atomic E-state index is 10.5. The Hall–Kier alpha value is -0.0436. The van der Waals surface area contributed by atoms with E-state index in [-0.39, 0.29) is 56.4 Å². The number of carbonyl (C=O) groups excluding carboxylic acids is 1. The van der Waals surface area contributed by atoms with E-state index >= 15 is 0 Å². The molecule has 0 aliphatic heterocycles. The number of carboxylic acid groups (broad SMARTS) is 1. The van der Waals surface area contributed by atoms with Gasteiger partial charge in [0.25, 0.3) is 0 Å². The summed E-state index contributed by atoms with van der Waals surface area (Å²) >= 11 is 1.08. The molecule has 15 heavy (non-hydrogen) atoms. The standard InChI is InChI=1S/C10H7NO2S.K/c12-10(13)9-11-8(6-14-9)7-4-2-1-3-5-7;/h1-6H,(H,12,13);/q;+1/p-1. The third-order valence-electron chi connectivity index (χ3n) is 1.75. The fourth-order valence-electron chi connectivity index (χ4n) is 1.11. The number of hydrogen-bond donors (Lipinski definition) is 0. The first kappa shape index (κ1) is 13.0. The van der Waals surface area contributed by atoms with Crippen molar-refractivity contribution in [2.75, 3.05) is 0 Å². The average Bonchev–Trinajstić information content (AvgIpc) is 2.68. The third kappa shape index (κ3) is 3.20. The molecule has 0 fully saturated rings. The molecule has 0 aliphatic carbocycles. The maximum Gasteiger partial charge on any atom is 1.00 e. The van der Waals surface area contributed by atoms with Crippen molar-refractivity contribution in [1.29, 1.82) is 0 Å². The number of rotatable bonds is 2. The second-order valence-corrected chi connectivity index (χ2v) is 3.55. The summed E-state index contributed by atoms with van der Waals surface area (Å²) in [5, 5.41) is 12.2. The number of carboxylic acids is 1. The van der Waals surface area contributed by atoms with Crippen molar-refractivity contribution in [3.8, 4) is 11.3 Å². The summed E-state index contributed by atoms with van der Waals surface area (Å²) < 4.78 is 0. The molecule has 0 atom stereocenters. The first-order valence-electron chi connectivity index (χ1n) is 3.99. The zero-order valence-electron chi connectivity index (χ0n) is 8.14. The Morgan fingerprint density at radius 2 is 1.93 bits per heavy atom. The van der Waals surface area contributed by atoms with Crippen LogP contribution < -0.4 is 56.5 Å². The van der Waals surface area contributed by atoms with Crippen LogP contribution >= 0.6 is 11.3 Å². The van der Waals surface area contributed by atoms with Gasteiger partial charge in [0.1, 0.15) is 11.0 Å². The molecule has 1 aromatic carbocycles. The van der Waals surface area contributed by atoms with Gasteiger partial charge in [0, 0.05) is 10.9 Å². The van der Waals surface area contributed by atoms with E-state index in [4.69, 9.17) is 0 Å². The molecule has 2 rings (SSSR count). The molecule has 0 amide bonds. The summed E-state index contributed by atoms with van der Waals surface area (Å²) in [5.41, 5.74) is 1.59. The van der Waals surface area contributed by atoms with Gasteiger partial charge in [-0.2, -0.15) is 0 Å². The van der Waals surface area contributed by atoms with Crippen LogP contribution in [0.15, 0.2) is 35.7 Å². The zero-order chi connectivity index (χ0) is 9.97. The van der Waals surface area contributed by atoms with Gasteiger partial charge in [0.05, 0.1) is 5.69 Å². The van der Waals surface area contributed by atoms with Gasteiger partial charge in [-0.15, -0.1) is 11.3 Å². The summed E-state index contributed by atoms with van der Waals surface area (Å²) in [6.07, 6.45) is 0. The number of carbonyl (C=O) groups is 1. The predicted molar refractivity (Wildman–Crippen MR) is 51.9 cm³/mol. The molecule has 0 spiro atoms. The van der Waals surface area contributed by atoms with E-state index < -0.39 is 5.97 Å². The molecule has 1 aromatic heterocycles. The third-order valence-corrected chi connectivity index (χ3v) is 2.57. The van der Waals surface area contributed by atoms with Crippen molar-refractivity contribution in [3.63, 3.8) is 0 Å². The summed E-state index contributed by atoms with van der Waals surface area (Å²) in [6.45, 7) is 0. The largest absolute Gasteiger partial charge is 1.00 e. The fourth-order valence-corrected chi connectivity index (χ4v) is 1.77. The van der Waals surface area contributed by atoms with E-state index in [9.17, 15) is 9.90 Å². The Kier molecular flexibility index (Phi) is 5.11. The van der Waals surface area contributed by atoms with E-state index in [1.807, 2.05) is 30.3 Å². The van der Waals surface area contributed by atoms with Crippen molar-refractivity contribution in [2.45, 2.75) is 0 Å². The molecule has 0 N–H and O–H groups in total. The van der Waals surface area contributed by atoms with Crippen molar-refractivity contribution < 1.29 is 61.3 Å². The predicted octanol–water partition coefficient (Wildman–Crippen LogP) is -1.82. The van der Waals surface area contributed by atoms with Crippen molar-refractivity contribution in [2.24, 2.45) is 0 Å². The Morgan fingerprint density at radius 3 is 2.47 bits per heavy atom. The van der Waals surface area contributed by atoms with Crippen molar-refractivity contribution >= 4 is 17.3 Å². The van der Waals surface area contributed by atoms with E-state index in [2.05, 4.69) is 4.98 Å². The summed E-state index contributed by atoms with van der Waals surface area (Å²) in [5.74, 6) is -1.22. The molecule has 70 valence electrons. The number of hydrogen-bond acceptors (Lipinski definition) is 4. The Morgan fingerprint density at radius 1 is 1.27 bits per heavy atom. The first-order valence-corrected chi connectivity index (χ1v) is 4.87. The van der Waals surface area contributed by atoms with E-state index in [1.54, 1.807) is 5.38 Å². The van der Waals surface area contributed by atoms with Crippen LogP contribution in [0.2, 0.25) is 0 Å². The molecule has 0 unspecified atom stereocenters. The number of aromatic carboxylic acids is 1. The zero-order valence-corrected chi connectivity index (χ0v) is 12.1. The Bertz CT molecular complexity index is 455. The minimum Gasteiger partial charge on any atom is -0.542 e.